The van der Waals surface area contributed by atoms with Crippen LogP contribution in [0.25, 0.3) is 0 Å². The molecule has 1 heterocycles. The predicted molar refractivity (Wildman–Crippen MR) is 58.5 cm³/mol. The van der Waals surface area contributed by atoms with Gasteiger partial charge in [0.1, 0.15) is 0 Å². The minimum atomic E-state index is -0.909. The first-order valence-corrected chi connectivity index (χ1v) is 6.21. The van der Waals surface area contributed by atoms with Crippen molar-refractivity contribution < 1.29 is 9.90 Å². The fourth-order valence-electron chi connectivity index (χ4n) is 1.98. The molecule has 1 saturated carbocycles. The molecule has 0 amide bonds. The summed E-state index contributed by atoms with van der Waals surface area (Å²) >= 11 is 1.49. The Morgan fingerprint density at radius 2 is 2.27 bits per heavy atom. The van der Waals surface area contributed by atoms with Crippen molar-refractivity contribution in [2.75, 3.05) is 6.26 Å². The van der Waals surface area contributed by atoms with Crippen LogP contribution in [-0.4, -0.2) is 26.9 Å². The first kappa shape index (κ1) is 10.5. The molecule has 0 bridgehead atoms. The van der Waals surface area contributed by atoms with Crippen LogP contribution in [0.3, 0.4) is 0 Å². The largest absolute Gasteiger partial charge is 0.476 e. The fourth-order valence-corrected chi connectivity index (χ4v) is 2.53. The van der Waals surface area contributed by atoms with Gasteiger partial charge in [0.15, 0.2) is 10.9 Å². The molecule has 0 aliphatic heterocycles. The summed E-state index contributed by atoms with van der Waals surface area (Å²) in [5, 5.41) is 9.87. The Kier molecular flexibility index (Phi) is 2.73. The quantitative estimate of drug-likeness (QED) is 0.802. The molecule has 0 aromatic carbocycles. The number of carboxylic acid groups (broad SMARTS) is 1. The van der Waals surface area contributed by atoms with Gasteiger partial charge in [0, 0.05) is 13.0 Å². The number of imidazole rings is 1. The van der Waals surface area contributed by atoms with Crippen LogP contribution in [0.15, 0.2) is 5.16 Å². The second-order valence-electron chi connectivity index (χ2n) is 3.82. The highest BCUT2D eigenvalue weighted by molar-refractivity contribution is 7.98. The number of aromatic nitrogens is 2. The average Bonchev–Trinajstić information content (AvgIpc) is 2.42. The van der Waals surface area contributed by atoms with Crippen molar-refractivity contribution in [3.63, 3.8) is 0 Å². The maximum atomic E-state index is 11.1. The van der Waals surface area contributed by atoms with Gasteiger partial charge in [-0.3, -0.25) is 0 Å². The lowest BCUT2D eigenvalue weighted by molar-refractivity contribution is 0.0687. The molecule has 0 unspecified atom stereocenters. The van der Waals surface area contributed by atoms with E-state index in [0.29, 0.717) is 5.92 Å². The van der Waals surface area contributed by atoms with Gasteiger partial charge in [0.05, 0.1) is 5.69 Å². The number of nitrogens with zero attached hydrogens (tertiary/aromatic N) is 2. The van der Waals surface area contributed by atoms with Gasteiger partial charge in [-0.2, -0.15) is 0 Å². The zero-order valence-electron chi connectivity index (χ0n) is 8.86. The Morgan fingerprint density at radius 1 is 1.60 bits per heavy atom. The Balaban J connectivity index is 2.47. The minimum Gasteiger partial charge on any atom is -0.476 e. The average molecular weight is 226 g/mol. The van der Waals surface area contributed by atoms with Crippen molar-refractivity contribution in [1.29, 1.82) is 0 Å². The number of aromatic carboxylic acids is 1. The number of thioether (sulfide) groups is 1. The van der Waals surface area contributed by atoms with Gasteiger partial charge in [0.2, 0.25) is 0 Å². The van der Waals surface area contributed by atoms with Crippen molar-refractivity contribution in [3.8, 4) is 0 Å². The molecule has 2 rings (SSSR count). The Bertz CT molecular complexity index is 396. The smallest absolute Gasteiger partial charge is 0.356 e. The molecule has 1 fully saturated rings. The van der Waals surface area contributed by atoms with E-state index in [2.05, 4.69) is 4.98 Å². The van der Waals surface area contributed by atoms with Crippen molar-refractivity contribution in [2.24, 2.45) is 7.05 Å². The number of rotatable bonds is 3. The summed E-state index contributed by atoms with van der Waals surface area (Å²) in [5.41, 5.74) is 1.14. The standard InChI is InChI=1S/C10H14N2O2S/c1-12-8(6-4-3-5-6)7(9(13)14)11-10(12)15-2/h6H,3-5H2,1-2H3,(H,13,14). The van der Waals surface area contributed by atoms with E-state index in [9.17, 15) is 4.79 Å². The van der Waals surface area contributed by atoms with Gasteiger partial charge >= 0.3 is 5.97 Å². The molecule has 5 heteroatoms. The van der Waals surface area contributed by atoms with Crippen molar-refractivity contribution in [1.82, 2.24) is 9.55 Å². The SMILES string of the molecule is CSc1nc(C(=O)O)c(C2CCC2)n1C. The molecule has 0 spiro atoms. The first-order valence-electron chi connectivity index (χ1n) is 4.99. The van der Waals surface area contributed by atoms with E-state index >= 15 is 0 Å². The summed E-state index contributed by atoms with van der Waals surface area (Å²) in [4.78, 5) is 15.2. The highest BCUT2D eigenvalue weighted by Gasteiger charge is 2.30. The summed E-state index contributed by atoms with van der Waals surface area (Å²) in [6.45, 7) is 0. The maximum absolute atomic E-state index is 11.1. The zero-order chi connectivity index (χ0) is 11.0. The molecule has 15 heavy (non-hydrogen) atoms. The van der Waals surface area contributed by atoms with E-state index in [1.165, 1.54) is 18.2 Å². The van der Waals surface area contributed by atoms with E-state index in [1.54, 1.807) is 0 Å². The maximum Gasteiger partial charge on any atom is 0.356 e. The number of hydrogen-bond donors (Lipinski definition) is 1. The van der Waals surface area contributed by atoms with Gasteiger partial charge in [0.25, 0.3) is 0 Å². The van der Waals surface area contributed by atoms with Gasteiger partial charge in [-0.05, 0) is 19.1 Å². The summed E-state index contributed by atoms with van der Waals surface area (Å²) < 4.78 is 1.93. The van der Waals surface area contributed by atoms with Crippen molar-refractivity contribution in [3.05, 3.63) is 11.4 Å². The predicted octanol–water partition coefficient (Wildman–Crippen LogP) is 2.11. The Hall–Kier alpha value is -0.970. The third kappa shape index (κ3) is 1.65. The molecule has 0 saturated heterocycles. The lowest BCUT2D eigenvalue weighted by Crippen LogP contribution is -2.16. The van der Waals surface area contributed by atoms with E-state index in [0.717, 1.165) is 23.7 Å². The molecule has 1 aromatic heterocycles. The van der Waals surface area contributed by atoms with Crippen molar-refractivity contribution in [2.45, 2.75) is 30.3 Å². The van der Waals surface area contributed by atoms with E-state index in [4.69, 9.17) is 5.11 Å². The molecule has 82 valence electrons. The van der Waals surface area contributed by atoms with Gasteiger partial charge in [-0.15, -0.1) is 0 Å². The van der Waals surface area contributed by atoms with E-state index < -0.39 is 5.97 Å². The van der Waals surface area contributed by atoms with Crippen LogP contribution in [0, 0.1) is 0 Å². The monoisotopic (exact) mass is 226 g/mol. The summed E-state index contributed by atoms with van der Waals surface area (Å²) in [5.74, 6) is -0.512. The topological polar surface area (TPSA) is 55.1 Å². The van der Waals surface area contributed by atoms with Crippen LogP contribution in [-0.2, 0) is 7.05 Å². The molecule has 4 nitrogen and oxygen atoms in total. The van der Waals surface area contributed by atoms with Gasteiger partial charge in [-0.25, -0.2) is 9.78 Å². The second-order valence-corrected chi connectivity index (χ2v) is 4.60. The lowest BCUT2D eigenvalue weighted by atomic mass is 9.82. The molecule has 1 aromatic rings. The summed E-state index contributed by atoms with van der Waals surface area (Å²) in [6, 6.07) is 0. The number of hydrogen-bond acceptors (Lipinski definition) is 3. The fraction of sp³-hybridized carbons (Fsp3) is 0.600. The van der Waals surface area contributed by atoms with Crippen LogP contribution in [0.1, 0.15) is 41.4 Å². The molecular formula is C10H14N2O2S. The van der Waals surface area contributed by atoms with Crippen LogP contribution in [0.2, 0.25) is 0 Å². The normalized spacial score (nSPS) is 16.4. The highest BCUT2D eigenvalue weighted by atomic mass is 32.2. The minimum absolute atomic E-state index is 0.242. The van der Waals surface area contributed by atoms with E-state index in [1.807, 2.05) is 17.9 Å². The summed E-state index contributed by atoms with van der Waals surface area (Å²) in [7, 11) is 1.90. The molecule has 1 aliphatic carbocycles. The first-order chi connectivity index (χ1) is 7.15. The molecule has 0 radical (unpaired) electrons. The molecule has 1 N–H and O–H groups in total. The van der Waals surface area contributed by atoms with Gasteiger partial charge in [-0.1, -0.05) is 18.2 Å². The second kappa shape index (κ2) is 3.89. The van der Waals surface area contributed by atoms with Gasteiger partial charge < -0.3 is 9.67 Å². The third-order valence-corrected chi connectivity index (χ3v) is 3.71. The van der Waals surface area contributed by atoms with Crippen LogP contribution < -0.4 is 0 Å². The number of carboxylic acids is 1. The lowest BCUT2D eigenvalue weighted by Gasteiger charge is -2.26. The van der Waals surface area contributed by atoms with Crippen molar-refractivity contribution >= 4 is 17.7 Å². The Labute approximate surface area is 92.7 Å². The summed E-state index contributed by atoms with van der Waals surface area (Å²) in [6.07, 6.45) is 5.29. The van der Waals surface area contributed by atoms with Crippen LogP contribution in [0.4, 0.5) is 0 Å². The van der Waals surface area contributed by atoms with E-state index in [-0.39, 0.29) is 5.69 Å². The number of carbonyl (C=O) groups is 1. The third-order valence-electron chi connectivity index (χ3n) is 2.98. The van der Waals surface area contributed by atoms with Crippen LogP contribution >= 0.6 is 11.8 Å². The molecular weight excluding hydrogens is 212 g/mol. The Morgan fingerprint density at radius 3 is 2.67 bits per heavy atom. The highest BCUT2D eigenvalue weighted by Crippen LogP contribution is 2.39. The zero-order valence-corrected chi connectivity index (χ0v) is 9.67. The molecule has 1 aliphatic rings. The van der Waals surface area contributed by atoms with Crippen LogP contribution in [0.5, 0.6) is 0 Å². The molecule has 0 atom stereocenters.